The molecular formula is C13H16N2O2. The number of rotatable bonds is 3. The summed E-state index contributed by atoms with van der Waals surface area (Å²) < 4.78 is 7.65. The predicted molar refractivity (Wildman–Crippen MR) is 65.0 cm³/mol. The Morgan fingerprint density at radius 1 is 1.35 bits per heavy atom. The highest BCUT2D eigenvalue weighted by atomic mass is 16.4. The summed E-state index contributed by atoms with van der Waals surface area (Å²) in [7, 11) is 0. The second-order valence-electron chi connectivity index (χ2n) is 4.07. The number of carbonyl (C=O) groups excluding carboxylic acids is 1. The fourth-order valence-corrected chi connectivity index (χ4v) is 1.76. The third-order valence-corrected chi connectivity index (χ3v) is 2.84. The van der Waals surface area contributed by atoms with E-state index in [0.717, 1.165) is 22.8 Å². The summed E-state index contributed by atoms with van der Waals surface area (Å²) >= 11 is 0. The van der Waals surface area contributed by atoms with Gasteiger partial charge in [-0.1, -0.05) is 0 Å². The van der Waals surface area contributed by atoms with E-state index in [0.29, 0.717) is 6.54 Å². The van der Waals surface area contributed by atoms with Gasteiger partial charge in [0.15, 0.2) is 0 Å². The average molecular weight is 232 g/mol. The van der Waals surface area contributed by atoms with Crippen LogP contribution < -0.4 is 5.32 Å². The zero-order valence-electron chi connectivity index (χ0n) is 10.3. The van der Waals surface area contributed by atoms with E-state index >= 15 is 0 Å². The standard InChI is InChI=1S/C13H16N2O2/c1-9-10(2)17-13(15-6-4-5-7-15)12(9)8-14-11(3)16/h4-7H,8H2,1-3H3,(H,14,16). The SMILES string of the molecule is CC(=O)NCc1c(-n2cccc2)oc(C)c1C. The third-order valence-electron chi connectivity index (χ3n) is 2.84. The molecule has 2 aromatic rings. The van der Waals surface area contributed by atoms with Crippen LogP contribution in [0.3, 0.4) is 0 Å². The van der Waals surface area contributed by atoms with E-state index in [1.165, 1.54) is 6.92 Å². The number of nitrogens with one attached hydrogen (secondary N) is 1. The molecule has 0 aromatic carbocycles. The molecule has 90 valence electrons. The molecule has 0 spiro atoms. The summed E-state index contributed by atoms with van der Waals surface area (Å²) in [5.41, 5.74) is 2.11. The molecule has 0 saturated heterocycles. The van der Waals surface area contributed by atoms with Gasteiger partial charge in [-0.05, 0) is 31.5 Å². The van der Waals surface area contributed by atoms with E-state index in [-0.39, 0.29) is 5.91 Å². The molecule has 17 heavy (non-hydrogen) atoms. The Kier molecular flexibility index (Phi) is 3.04. The van der Waals surface area contributed by atoms with Gasteiger partial charge in [-0.25, -0.2) is 0 Å². The topological polar surface area (TPSA) is 47.2 Å². The maximum atomic E-state index is 11.0. The first kappa shape index (κ1) is 11.5. The Hall–Kier alpha value is -1.97. The van der Waals surface area contributed by atoms with Gasteiger partial charge in [0.2, 0.25) is 11.8 Å². The molecule has 0 atom stereocenters. The van der Waals surface area contributed by atoms with Crippen LogP contribution in [0.15, 0.2) is 28.9 Å². The lowest BCUT2D eigenvalue weighted by Gasteiger charge is -2.05. The maximum absolute atomic E-state index is 11.0. The highest BCUT2D eigenvalue weighted by Crippen LogP contribution is 2.24. The molecule has 0 aliphatic heterocycles. The summed E-state index contributed by atoms with van der Waals surface area (Å²) in [4.78, 5) is 11.0. The zero-order valence-corrected chi connectivity index (χ0v) is 10.3. The Morgan fingerprint density at radius 3 is 2.59 bits per heavy atom. The minimum absolute atomic E-state index is 0.0401. The van der Waals surface area contributed by atoms with Crippen molar-refractivity contribution < 1.29 is 9.21 Å². The van der Waals surface area contributed by atoms with E-state index < -0.39 is 0 Å². The normalized spacial score (nSPS) is 10.5. The van der Waals surface area contributed by atoms with E-state index in [9.17, 15) is 4.79 Å². The van der Waals surface area contributed by atoms with Crippen molar-refractivity contribution in [3.05, 3.63) is 41.4 Å². The quantitative estimate of drug-likeness (QED) is 0.882. The summed E-state index contributed by atoms with van der Waals surface area (Å²) in [5.74, 6) is 1.62. The lowest BCUT2D eigenvalue weighted by atomic mass is 10.1. The fourth-order valence-electron chi connectivity index (χ4n) is 1.76. The van der Waals surface area contributed by atoms with Crippen LogP contribution in [0, 0.1) is 13.8 Å². The molecule has 4 nitrogen and oxygen atoms in total. The summed E-state index contributed by atoms with van der Waals surface area (Å²) in [6.07, 6.45) is 3.85. The largest absolute Gasteiger partial charge is 0.444 e. The molecule has 4 heteroatoms. The second-order valence-corrected chi connectivity index (χ2v) is 4.07. The predicted octanol–water partition coefficient (Wildman–Crippen LogP) is 2.32. The van der Waals surface area contributed by atoms with Gasteiger partial charge in [-0.3, -0.25) is 9.36 Å². The smallest absolute Gasteiger partial charge is 0.217 e. The number of carbonyl (C=O) groups is 1. The number of nitrogens with zero attached hydrogens (tertiary/aromatic N) is 1. The van der Waals surface area contributed by atoms with Gasteiger partial charge in [-0.2, -0.15) is 0 Å². The van der Waals surface area contributed by atoms with Crippen molar-refractivity contribution in [1.29, 1.82) is 0 Å². The van der Waals surface area contributed by atoms with Gasteiger partial charge in [0.05, 0.1) is 0 Å². The summed E-state index contributed by atoms with van der Waals surface area (Å²) in [6, 6.07) is 3.88. The van der Waals surface area contributed by atoms with Gasteiger partial charge in [0.1, 0.15) is 5.76 Å². The van der Waals surface area contributed by atoms with Crippen LogP contribution in [0.2, 0.25) is 0 Å². The van der Waals surface area contributed by atoms with Crippen LogP contribution in [-0.2, 0) is 11.3 Å². The van der Waals surface area contributed by atoms with Gasteiger partial charge < -0.3 is 9.73 Å². The molecule has 0 bridgehead atoms. The molecule has 2 heterocycles. The van der Waals surface area contributed by atoms with Crippen molar-refractivity contribution in [2.24, 2.45) is 0 Å². The number of furan rings is 1. The molecule has 1 N–H and O–H groups in total. The van der Waals surface area contributed by atoms with Crippen LogP contribution in [0.25, 0.3) is 5.88 Å². The highest BCUT2D eigenvalue weighted by molar-refractivity contribution is 5.73. The first-order chi connectivity index (χ1) is 8.09. The van der Waals surface area contributed by atoms with E-state index in [4.69, 9.17) is 4.42 Å². The van der Waals surface area contributed by atoms with Crippen molar-refractivity contribution in [2.75, 3.05) is 0 Å². The van der Waals surface area contributed by atoms with Crippen molar-refractivity contribution >= 4 is 5.91 Å². The van der Waals surface area contributed by atoms with Crippen molar-refractivity contribution in [3.8, 4) is 5.88 Å². The number of aryl methyl sites for hydroxylation is 1. The number of aromatic nitrogens is 1. The number of hydrogen-bond donors (Lipinski definition) is 1. The van der Waals surface area contributed by atoms with Crippen molar-refractivity contribution in [2.45, 2.75) is 27.3 Å². The minimum atomic E-state index is -0.0401. The lowest BCUT2D eigenvalue weighted by molar-refractivity contribution is -0.119. The van der Waals surface area contributed by atoms with E-state index in [1.807, 2.05) is 42.9 Å². The molecule has 0 unspecified atom stereocenters. The van der Waals surface area contributed by atoms with Crippen molar-refractivity contribution in [1.82, 2.24) is 9.88 Å². The molecule has 0 aliphatic rings. The van der Waals surface area contributed by atoms with E-state index in [1.54, 1.807) is 0 Å². The molecule has 0 radical (unpaired) electrons. The second kappa shape index (κ2) is 4.49. The first-order valence-corrected chi connectivity index (χ1v) is 5.56. The molecule has 1 amide bonds. The number of hydrogen-bond acceptors (Lipinski definition) is 2. The Bertz CT molecular complexity index is 524. The molecule has 2 rings (SSSR count). The molecule has 0 saturated carbocycles. The van der Waals surface area contributed by atoms with Crippen LogP contribution in [-0.4, -0.2) is 10.5 Å². The molecule has 2 aromatic heterocycles. The summed E-state index contributed by atoms with van der Waals surface area (Å²) in [6.45, 7) is 5.94. The Balaban J connectivity index is 2.38. The Labute approximate surface area is 100 Å². The Morgan fingerprint density at radius 2 is 2.00 bits per heavy atom. The average Bonchev–Trinajstić information content (AvgIpc) is 2.87. The van der Waals surface area contributed by atoms with Crippen LogP contribution >= 0.6 is 0 Å². The lowest BCUT2D eigenvalue weighted by Crippen LogP contribution is -2.19. The van der Waals surface area contributed by atoms with Crippen molar-refractivity contribution in [3.63, 3.8) is 0 Å². The van der Waals surface area contributed by atoms with Crippen LogP contribution in [0.4, 0.5) is 0 Å². The maximum Gasteiger partial charge on any atom is 0.217 e. The monoisotopic (exact) mass is 232 g/mol. The first-order valence-electron chi connectivity index (χ1n) is 5.56. The van der Waals surface area contributed by atoms with Gasteiger partial charge >= 0.3 is 0 Å². The van der Waals surface area contributed by atoms with Gasteiger partial charge in [0.25, 0.3) is 0 Å². The van der Waals surface area contributed by atoms with Crippen LogP contribution in [0.5, 0.6) is 0 Å². The highest BCUT2D eigenvalue weighted by Gasteiger charge is 2.15. The van der Waals surface area contributed by atoms with Gasteiger partial charge in [0, 0.05) is 31.4 Å². The van der Waals surface area contributed by atoms with E-state index in [2.05, 4.69) is 5.32 Å². The van der Waals surface area contributed by atoms with Crippen LogP contribution in [0.1, 0.15) is 23.8 Å². The van der Waals surface area contributed by atoms with Gasteiger partial charge in [-0.15, -0.1) is 0 Å². The molecule has 0 aliphatic carbocycles. The molecular weight excluding hydrogens is 216 g/mol. The minimum Gasteiger partial charge on any atom is -0.444 e. The molecule has 0 fully saturated rings. The third kappa shape index (κ3) is 2.25. The fraction of sp³-hybridized carbons (Fsp3) is 0.308. The zero-order chi connectivity index (χ0) is 12.4. The summed E-state index contributed by atoms with van der Waals surface area (Å²) in [5, 5.41) is 2.81. The number of amides is 1.